The molecule has 0 aliphatic rings. The number of carbonyl (C=O) groups excluding carboxylic acids is 1. The van der Waals surface area contributed by atoms with Crippen LogP contribution in [0.5, 0.6) is 0 Å². The number of sulfone groups is 1. The van der Waals surface area contributed by atoms with E-state index in [2.05, 4.69) is 47.0 Å². The lowest BCUT2D eigenvalue weighted by atomic mass is 10.1. The number of aromatic nitrogens is 3. The number of amides is 1. The molecule has 0 saturated carbocycles. The summed E-state index contributed by atoms with van der Waals surface area (Å²) >= 11 is 6.22. The number of nitrogens with one attached hydrogen (secondary N) is 6. The zero-order valence-corrected chi connectivity index (χ0v) is 45.1. The van der Waals surface area contributed by atoms with Gasteiger partial charge in [0.2, 0.25) is 11.9 Å². The van der Waals surface area contributed by atoms with Crippen LogP contribution in [0.15, 0.2) is 101 Å². The Bertz CT molecular complexity index is 3040. The number of benzene rings is 4. The number of H-pyrrole nitrogens is 1. The van der Waals surface area contributed by atoms with Crippen LogP contribution in [0.2, 0.25) is 5.02 Å². The number of rotatable bonds is 24. The third-order valence-corrected chi connectivity index (χ3v) is 13.9. The number of hydrogen-bond acceptors (Lipinski definition) is 17. The topological polar surface area (TPSA) is 314 Å². The molecule has 2 heterocycles. The SMILES string of the molecule is CC.CC.CC(C)S(=O)(=O)c1ccccc1Nc1nc(Nc2ccc(N)cc2)ncc1Cl.Cc1ccc(NS(=O)(=O)c2ccc(NCCOCCOCCNC(=O)CCOCCN)c(C#N)c2)c2[nH]cc(C#N)c12. The fourth-order valence-corrected chi connectivity index (χ4v) is 8.86. The molecule has 0 spiro atoms. The monoisotopic (exact) mass is 1070 g/mol. The summed E-state index contributed by atoms with van der Waals surface area (Å²) in [7, 11) is -7.50. The third kappa shape index (κ3) is 18.5. The van der Waals surface area contributed by atoms with Crippen molar-refractivity contribution in [1.82, 2.24) is 20.3 Å². The second-order valence-electron chi connectivity index (χ2n) is 15.4. The maximum Gasteiger partial charge on any atom is 0.262 e. The van der Waals surface area contributed by atoms with Crippen molar-refractivity contribution in [2.24, 2.45) is 5.73 Å². The van der Waals surface area contributed by atoms with E-state index in [-0.39, 0.29) is 32.7 Å². The molecule has 0 radical (unpaired) electrons. The van der Waals surface area contributed by atoms with Gasteiger partial charge in [-0.15, -0.1) is 0 Å². The summed E-state index contributed by atoms with van der Waals surface area (Å²) in [5.74, 6) is 0.484. The molecule has 0 aliphatic heterocycles. The number of nitrogens with two attached hydrogens (primary N) is 2. The number of anilines is 7. The van der Waals surface area contributed by atoms with E-state index < -0.39 is 25.1 Å². The number of aryl methyl sites for hydroxylation is 1. The van der Waals surface area contributed by atoms with Gasteiger partial charge in [0.25, 0.3) is 10.0 Å². The molecule has 74 heavy (non-hydrogen) atoms. The first-order chi connectivity index (χ1) is 35.6. The number of nitrogens with zero attached hydrogens (tertiary/aromatic N) is 4. The van der Waals surface area contributed by atoms with Gasteiger partial charge < -0.3 is 51.9 Å². The number of halogens is 1. The molecular weight excluding hydrogens is 1010 g/mol. The van der Waals surface area contributed by atoms with Crippen LogP contribution < -0.4 is 37.5 Å². The van der Waals surface area contributed by atoms with Crippen molar-refractivity contribution in [3.8, 4) is 12.1 Å². The van der Waals surface area contributed by atoms with E-state index in [9.17, 15) is 32.2 Å². The van der Waals surface area contributed by atoms with Crippen molar-refractivity contribution in [1.29, 1.82) is 10.5 Å². The molecule has 0 bridgehead atoms. The number of fused-ring (bicyclic) bond motifs is 1. The minimum absolute atomic E-state index is 0.0742. The van der Waals surface area contributed by atoms with Gasteiger partial charge in [0, 0.05) is 49.0 Å². The minimum Gasteiger partial charge on any atom is -0.399 e. The predicted octanol–water partition coefficient (Wildman–Crippen LogP) is 8.38. The molecule has 1 amide bonds. The summed E-state index contributed by atoms with van der Waals surface area (Å²) in [5, 5.41) is 31.2. The normalized spacial score (nSPS) is 10.8. The highest BCUT2D eigenvalue weighted by Crippen LogP contribution is 2.32. The molecule has 10 N–H and O–H groups in total. The standard InChI is InChI=1S/C28H35N7O6S.C19H20ClN5O2S.2C2H6/c1-20-2-4-25(28-27(20)22(18-31)19-34-28)35-42(37,38)23-3-5-24(21(16-23)17-30)32-8-12-40-14-15-41-13-9-33-26(36)6-10-39-11-7-29;1-12(2)28(26,27)17-6-4-3-5-16(17)24-18-15(20)11-22-19(25-18)23-14-9-7-13(21)8-10-14;2*1-2/h2-5,16,19,32,34-35H,6-15,29H2,1H3,(H,33,36);3-12H,21H2,1-2H3,(H2,22,23,24,25);2*1-2H3. The maximum absolute atomic E-state index is 13.1. The zero-order valence-electron chi connectivity index (χ0n) is 42.7. The number of para-hydroxylation sites is 1. The highest BCUT2D eigenvalue weighted by atomic mass is 35.5. The first kappa shape index (κ1) is 61.3. The molecule has 0 saturated heterocycles. The Balaban J connectivity index is 0.000000390. The summed E-state index contributed by atoms with van der Waals surface area (Å²) in [5.41, 5.74) is 15.5. The van der Waals surface area contributed by atoms with Crippen LogP contribution in [0, 0.1) is 29.6 Å². The van der Waals surface area contributed by atoms with Crippen molar-refractivity contribution in [3.05, 3.63) is 113 Å². The summed E-state index contributed by atoms with van der Waals surface area (Å²) in [6.45, 7) is 16.5. The fraction of sp³-hybridized carbons (Fsp3) is 0.353. The molecule has 23 heteroatoms. The number of ether oxygens (including phenoxy) is 3. The molecule has 398 valence electrons. The van der Waals surface area contributed by atoms with Crippen LogP contribution in [0.3, 0.4) is 0 Å². The van der Waals surface area contributed by atoms with Gasteiger partial charge in [0.15, 0.2) is 15.7 Å². The van der Waals surface area contributed by atoms with Crippen molar-refractivity contribution in [3.63, 3.8) is 0 Å². The Morgan fingerprint density at radius 1 is 0.797 bits per heavy atom. The summed E-state index contributed by atoms with van der Waals surface area (Å²) in [6, 6.07) is 25.5. The van der Waals surface area contributed by atoms with Gasteiger partial charge in [-0.05, 0) is 87.0 Å². The average Bonchev–Trinajstić information content (AvgIpc) is 3.85. The number of aromatic amines is 1. The van der Waals surface area contributed by atoms with Crippen LogP contribution in [-0.2, 0) is 38.9 Å². The number of carbonyl (C=O) groups is 1. The fourth-order valence-electron chi connectivity index (χ4n) is 6.43. The summed E-state index contributed by atoms with van der Waals surface area (Å²) in [4.78, 5) is 23.2. The van der Waals surface area contributed by atoms with Crippen LogP contribution in [0.1, 0.15) is 64.7 Å². The Hall–Kier alpha value is -7.02. The van der Waals surface area contributed by atoms with E-state index in [1.54, 1.807) is 74.5 Å². The molecule has 6 aromatic rings. The maximum atomic E-state index is 13.1. The van der Waals surface area contributed by atoms with Crippen LogP contribution >= 0.6 is 11.6 Å². The lowest BCUT2D eigenvalue weighted by molar-refractivity contribution is -0.122. The number of hydrogen-bond donors (Lipinski definition) is 8. The predicted molar refractivity (Wildman–Crippen MR) is 293 cm³/mol. The molecule has 0 atom stereocenters. The molecule has 0 aliphatic carbocycles. The molecule has 4 aromatic carbocycles. The summed E-state index contributed by atoms with van der Waals surface area (Å²) in [6.07, 6.45) is 3.25. The Labute approximate surface area is 439 Å². The van der Waals surface area contributed by atoms with E-state index >= 15 is 0 Å². The smallest absolute Gasteiger partial charge is 0.262 e. The first-order valence-corrected chi connectivity index (χ1v) is 27.2. The zero-order chi connectivity index (χ0) is 54.7. The molecule has 0 unspecified atom stereocenters. The highest BCUT2D eigenvalue weighted by molar-refractivity contribution is 7.92. The second kappa shape index (κ2) is 31.5. The molecule has 2 aromatic heterocycles. The number of sulfonamides is 1. The molecule has 0 fully saturated rings. The third-order valence-electron chi connectivity index (χ3n) is 10.0. The van der Waals surface area contributed by atoms with Crippen molar-refractivity contribution < 1.29 is 35.8 Å². The van der Waals surface area contributed by atoms with E-state index in [1.165, 1.54) is 30.6 Å². The van der Waals surface area contributed by atoms with Crippen molar-refractivity contribution >= 4 is 88.5 Å². The second-order valence-corrected chi connectivity index (χ2v) is 20.0. The Morgan fingerprint density at radius 2 is 1.45 bits per heavy atom. The quantitative estimate of drug-likeness (QED) is 0.0208. The van der Waals surface area contributed by atoms with Gasteiger partial charge in [-0.1, -0.05) is 57.5 Å². The molecule has 20 nitrogen and oxygen atoms in total. The Morgan fingerprint density at radius 3 is 2.11 bits per heavy atom. The minimum atomic E-state index is -4.02. The largest absolute Gasteiger partial charge is 0.399 e. The van der Waals surface area contributed by atoms with Crippen molar-refractivity contribution in [2.45, 2.75) is 69.9 Å². The van der Waals surface area contributed by atoms with Gasteiger partial charge >= 0.3 is 0 Å². The summed E-state index contributed by atoms with van der Waals surface area (Å²) < 4.78 is 70.2. The number of nitriles is 2. The van der Waals surface area contributed by atoms with Gasteiger partial charge in [-0.3, -0.25) is 9.52 Å². The number of nitrogen functional groups attached to an aromatic ring is 1. The van der Waals surface area contributed by atoms with Gasteiger partial charge in [0.1, 0.15) is 17.2 Å². The van der Waals surface area contributed by atoms with Gasteiger partial charge in [-0.25, -0.2) is 21.8 Å². The van der Waals surface area contributed by atoms with Crippen LogP contribution in [0.4, 0.5) is 40.2 Å². The molecule has 6 rings (SSSR count). The lowest BCUT2D eigenvalue weighted by Gasteiger charge is -2.15. The average molecular weight is 1080 g/mol. The first-order valence-electron chi connectivity index (χ1n) is 23.8. The van der Waals surface area contributed by atoms with E-state index in [0.717, 1.165) is 11.3 Å². The van der Waals surface area contributed by atoms with E-state index in [0.29, 0.717) is 110 Å². The Kier molecular flexibility index (Phi) is 26.1. The highest BCUT2D eigenvalue weighted by Gasteiger charge is 2.24. The van der Waals surface area contributed by atoms with Crippen LogP contribution in [0.25, 0.3) is 10.9 Å². The van der Waals surface area contributed by atoms with Crippen LogP contribution in [-0.4, -0.2) is 102 Å². The van der Waals surface area contributed by atoms with E-state index in [4.69, 9.17) is 37.3 Å². The van der Waals surface area contributed by atoms with Crippen molar-refractivity contribution in [2.75, 3.05) is 85.7 Å². The lowest BCUT2D eigenvalue weighted by Crippen LogP contribution is -2.28. The molecular formula is C51H67ClN12O8S2. The van der Waals surface area contributed by atoms with Gasteiger partial charge in [-0.2, -0.15) is 15.5 Å². The van der Waals surface area contributed by atoms with Gasteiger partial charge in [0.05, 0.1) is 94.6 Å². The van der Waals surface area contributed by atoms with E-state index in [1.807, 2.05) is 40.7 Å².